The smallest absolute Gasteiger partial charge is 0.265 e. The van der Waals surface area contributed by atoms with Gasteiger partial charge in [0.2, 0.25) is 5.91 Å². The summed E-state index contributed by atoms with van der Waals surface area (Å²) in [5.41, 5.74) is 2.24. The maximum Gasteiger partial charge on any atom is 0.265 e. The quantitative estimate of drug-likeness (QED) is 0.375. The van der Waals surface area contributed by atoms with Crippen LogP contribution in [-0.2, 0) is 11.3 Å². The molecule has 0 radical (unpaired) electrons. The van der Waals surface area contributed by atoms with E-state index in [-0.39, 0.29) is 17.6 Å². The van der Waals surface area contributed by atoms with Gasteiger partial charge in [0.05, 0.1) is 10.6 Å². The van der Waals surface area contributed by atoms with Gasteiger partial charge in [0.1, 0.15) is 0 Å². The number of hydrogen-bond acceptors (Lipinski definition) is 7. The number of amides is 2. The predicted molar refractivity (Wildman–Crippen MR) is 127 cm³/mol. The molecule has 0 unspecified atom stereocenters. The van der Waals surface area contributed by atoms with Crippen LogP contribution in [0.4, 0.5) is 11.4 Å². The number of pyridine rings is 1. The average molecular weight is 465 g/mol. The van der Waals surface area contributed by atoms with Gasteiger partial charge in [0.25, 0.3) is 5.91 Å². The van der Waals surface area contributed by atoms with Crippen LogP contribution in [0.5, 0.6) is 0 Å². The van der Waals surface area contributed by atoms with Crippen LogP contribution < -0.4 is 10.6 Å². The van der Waals surface area contributed by atoms with E-state index in [9.17, 15) is 9.59 Å². The van der Waals surface area contributed by atoms with Crippen LogP contribution in [-0.4, -0.2) is 37.3 Å². The van der Waals surface area contributed by atoms with Crippen LogP contribution in [0.15, 0.2) is 71.5 Å². The van der Waals surface area contributed by atoms with Gasteiger partial charge in [-0.2, -0.15) is 0 Å². The molecule has 32 heavy (non-hydrogen) atoms. The standard InChI is InChI=1S/C22H20N6O2S2/c1-2-28-20(15-9-11-23-12-10-15)26-27-22(28)32-14-19(29)24-16-5-7-17(8-6-16)25-21(30)18-4-3-13-31-18/h3-13H,2,14H2,1H3,(H,24,29)(H,25,30). The lowest BCUT2D eigenvalue weighted by atomic mass is 10.2. The number of carbonyl (C=O) groups excluding carboxylic acids is 2. The van der Waals surface area contributed by atoms with Crippen molar-refractivity contribution in [3.8, 4) is 11.4 Å². The molecule has 0 saturated carbocycles. The van der Waals surface area contributed by atoms with Crippen LogP contribution in [0.1, 0.15) is 16.6 Å². The molecular weight excluding hydrogens is 444 g/mol. The molecule has 2 amide bonds. The van der Waals surface area contributed by atoms with Crippen molar-refractivity contribution in [2.75, 3.05) is 16.4 Å². The zero-order chi connectivity index (χ0) is 22.3. The van der Waals surface area contributed by atoms with Gasteiger partial charge in [0, 0.05) is 35.9 Å². The third-order valence-electron chi connectivity index (χ3n) is 4.48. The number of carbonyl (C=O) groups is 2. The summed E-state index contributed by atoms with van der Waals surface area (Å²) in [4.78, 5) is 29.2. The van der Waals surface area contributed by atoms with Crippen molar-refractivity contribution in [3.05, 3.63) is 71.2 Å². The largest absolute Gasteiger partial charge is 0.325 e. The molecule has 2 N–H and O–H groups in total. The number of anilines is 2. The van der Waals surface area contributed by atoms with E-state index in [0.29, 0.717) is 28.0 Å². The fraction of sp³-hybridized carbons (Fsp3) is 0.136. The molecule has 4 rings (SSSR count). The highest BCUT2D eigenvalue weighted by molar-refractivity contribution is 7.99. The van der Waals surface area contributed by atoms with Crippen LogP contribution in [0.3, 0.4) is 0 Å². The molecule has 3 heterocycles. The first-order valence-electron chi connectivity index (χ1n) is 9.85. The lowest BCUT2D eigenvalue weighted by Gasteiger charge is -2.09. The Labute approximate surface area is 193 Å². The molecule has 4 aromatic rings. The summed E-state index contributed by atoms with van der Waals surface area (Å²) in [6.07, 6.45) is 3.42. The number of thiophene rings is 1. The van der Waals surface area contributed by atoms with Gasteiger partial charge in [-0.1, -0.05) is 17.8 Å². The summed E-state index contributed by atoms with van der Waals surface area (Å²) in [5, 5.41) is 16.7. The first-order chi connectivity index (χ1) is 15.6. The topological polar surface area (TPSA) is 102 Å². The van der Waals surface area contributed by atoms with Gasteiger partial charge in [-0.25, -0.2) is 0 Å². The Morgan fingerprint density at radius 3 is 2.38 bits per heavy atom. The number of thioether (sulfide) groups is 1. The van der Waals surface area contributed by atoms with E-state index in [4.69, 9.17) is 0 Å². The van der Waals surface area contributed by atoms with Crippen molar-refractivity contribution in [2.45, 2.75) is 18.6 Å². The second-order valence-corrected chi connectivity index (χ2v) is 8.52. The summed E-state index contributed by atoms with van der Waals surface area (Å²) < 4.78 is 1.97. The molecule has 0 aliphatic rings. The van der Waals surface area contributed by atoms with Gasteiger partial charge >= 0.3 is 0 Å². The minimum Gasteiger partial charge on any atom is -0.325 e. The Hall–Kier alpha value is -3.50. The van der Waals surface area contributed by atoms with E-state index in [1.807, 2.05) is 35.1 Å². The Balaban J connectivity index is 1.32. The van der Waals surface area contributed by atoms with Crippen molar-refractivity contribution in [1.29, 1.82) is 0 Å². The zero-order valence-electron chi connectivity index (χ0n) is 17.2. The Kier molecular flexibility index (Phi) is 6.93. The number of hydrogen-bond donors (Lipinski definition) is 2. The number of nitrogens with one attached hydrogen (secondary N) is 2. The molecule has 0 bridgehead atoms. The third kappa shape index (κ3) is 5.21. The maximum atomic E-state index is 12.4. The van der Waals surface area contributed by atoms with Crippen LogP contribution in [0, 0.1) is 0 Å². The monoisotopic (exact) mass is 464 g/mol. The van der Waals surface area contributed by atoms with E-state index in [0.717, 1.165) is 11.4 Å². The van der Waals surface area contributed by atoms with Gasteiger partial charge in [-0.15, -0.1) is 21.5 Å². The fourth-order valence-electron chi connectivity index (χ4n) is 2.96. The molecular formula is C22H20N6O2S2. The van der Waals surface area contributed by atoms with Crippen LogP contribution in [0.2, 0.25) is 0 Å². The molecule has 1 aromatic carbocycles. The van der Waals surface area contributed by atoms with Crippen molar-refractivity contribution < 1.29 is 9.59 Å². The van der Waals surface area contributed by atoms with Gasteiger partial charge in [0.15, 0.2) is 11.0 Å². The van der Waals surface area contributed by atoms with Crippen LogP contribution >= 0.6 is 23.1 Å². The van der Waals surface area contributed by atoms with Crippen LogP contribution in [0.25, 0.3) is 11.4 Å². The highest BCUT2D eigenvalue weighted by Gasteiger charge is 2.15. The van der Waals surface area contributed by atoms with E-state index < -0.39 is 0 Å². The molecule has 3 aromatic heterocycles. The summed E-state index contributed by atoms with van der Waals surface area (Å²) >= 11 is 2.71. The van der Waals surface area contributed by atoms with Gasteiger partial charge < -0.3 is 15.2 Å². The van der Waals surface area contributed by atoms with E-state index in [1.54, 1.807) is 42.7 Å². The minimum atomic E-state index is -0.153. The molecule has 0 spiro atoms. The molecule has 0 saturated heterocycles. The van der Waals surface area contributed by atoms with E-state index in [1.165, 1.54) is 23.1 Å². The zero-order valence-corrected chi connectivity index (χ0v) is 18.8. The number of benzene rings is 1. The minimum absolute atomic E-state index is 0.151. The Bertz CT molecular complexity index is 1190. The number of nitrogens with zero attached hydrogens (tertiary/aromatic N) is 4. The summed E-state index contributed by atoms with van der Waals surface area (Å²) in [7, 11) is 0. The fourth-order valence-corrected chi connectivity index (χ4v) is 4.38. The second-order valence-electron chi connectivity index (χ2n) is 6.63. The first kappa shape index (κ1) is 21.7. The number of rotatable bonds is 8. The van der Waals surface area contributed by atoms with Crippen molar-refractivity contribution in [3.63, 3.8) is 0 Å². The van der Waals surface area contributed by atoms with Gasteiger partial charge in [-0.05, 0) is 54.8 Å². The molecule has 0 aliphatic heterocycles. The van der Waals surface area contributed by atoms with E-state index in [2.05, 4.69) is 25.8 Å². The maximum absolute atomic E-state index is 12.4. The van der Waals surface area contributed by atoms with Crippen molar-refractivity contribution in [2.24, 2.45) is 0 Å². The SMILES string of the molecule is CCn1c(SCC(=O)Nc2ccc(NC(=O)c3cccs3)cc2)nnc1-c1ccncc1. The summed E-state index contributed by atoms with van der Waals surface area (Å²) in [6.45, 7) is 2.70. The Morgan fingerprint density at radius 2 is 1.72 bits per heavy atom. The summed E-state index contributed by atoms with van der Waals surface area (Å²) in [5.74, 6) is 0.643. The molecule has 0 fully saturated rings. The first-order valence-corrected chi connectivity index (χ1v) is 11.7. The molecule has 162 valence electrons. The van der Waals surface area contributed by atoms with Crippen molar-refractivity contribution in [1.82, 2.24) is 19.7 Å². The summed E-state index contributed by atoms with van der Waals surface area (Å²) in [6, 6.07) is 14.4. The van der Waals surface area contributed by atoms with E-state index >= 15 is 0 Å². The lowest BCUT2D eigenvalue weighted by Crippen LogP contribution is -2.15. The second kappa shape index (κ2) is 10.2. The highest BCUT2D eigenvalue weighted by atomic mass is 32.2. The van der Waals surface area contributed by atoms with Gasteiger partial charge in [-0.3, -0.25) is 14.6 Å². The predicted octanol–water partition coefficient (Wildman–Crippen LogP) is 4.40. The number of aromatic nitrogens is 4. The third-order valence-corrected chi connectivity index (χ3v) is 6.31. The molecule has 10 heteroatoms. The Morgan fingerprint density at radius 1 is 1.00 bits per heavy atom. The lowest BCUT2D eigenvalue weighted by molar-refractivity contribution is -0.113. The van der Waals surface area contributed by atoms with Crippen molar-refractivity contribution >= 4 is 46.3 Å². The molecule has 0 atom stereocenters. The average Bonchev–Trinajstić information content (AvgIpc) is 3.50. The normalized spacial score (nSPS) is 10.7. The molecule has 8 nitrogen and oxygen atoms in total. The highest BCUT2D eigenvalue weighted by Crippen LogP contribution is 2.24. The molecule has 0 aliphatic carbocycles.